The van der Waals surface area contributed by atoms with Gasteiger partial charge in [0.2, 0.25) is 10.0 Å². The SMILES string of the molecule is COc1cc(Br)c(N)cc1S(=O)(=O)NCC1(C)CCCO1. The van der Waals surface area contributed by atoms with Gasteiger partial charge in [-0.15, -0.1) is 0 Å². The van der Waals surface area contributed by atoms with Gasteiger partial charge in [0.1, 0.15) is 10.6 Å². The third-order valence-corrected chi connectivity index (χ3v) is 5.62. The predicted octanol–water partition coefficient (Wildman–Crippen LogP) is 1.89. The third-order valence-electron chi connectivity index (χ3n) is 3.51. The fourth-order valence-electron chi connectivity index (χ4n) is 2.22. The number of nitrogens with one attached hydrogen (secondary N) is 1. The molecule has 1 atom stereocenters. The number of nitrogens with two attached hydrogens (primary N) is 1. The molecule has 0 amide bonds. The van der Waals surface area contributed by atoms with Crippen LogP contribution in [0.3, 0.4) is 0 Å². The van der Waals surface area contributed by atoms with Gasteiger partial charge in [-0.1, -0.05) is 0 Å². The molecular weight excluding hydrogens is 360 g/mol. The average Bonchev–Trinajstić information content (AvgIpc) is 2.87. The first kappa shape index (κ1) is 16.5. The highest BCUT2D eigenvalue weighted by atomic mass is 79.9. The van der Waals surface area contributed by atoms with Gasteiger partial charge in [-0.3, -0.25) is 0 Å². The molecule has 6 nitrogen and oxygen atoms in total. The molecule has 0 bridgehead atoms. The Morgan fingerprint density at radius 3 is 2.81 bits per heavy atom. The molecule has 1 saturated heterocycles. The van der Waals surface area contributed by atoms with Crippen LogP contribution in [0.15, 0.2) is 21.5 Å². The zero-order chi connectivity index (χ0) is 15.7. The van der Waals surface area contributed by atoms with Crippen LogP contribution < -0.4 is 15.2 Å². The summed E-state index contributed by atoms with van der Waals surface area (Å²) in [6.45, 7) is 2.77. The quantitative estimate of drug-likeness (QED) is 0.763. The second-order valence-corrected chi connectivity index (χ2v) is 7.84. The molecule has 1 aromatic carbocycles. The van der Waals surface area contributed by atoms with Crippen molar-refractivity contribution in [2.24, 2.45) is 0 Å². The fourth-order valence-corrected chi connectivity index (χ4v) is 3.88. The monoisotopic (exact) mass is 378 g/mol. The van der Waals surface area contributed by atoms with Gasteiger partial charge in [-0.25, -0.2) is 13.1 Å². The number of hydrogen-bond acceptors (Lipinski definition) is 5. The number of sulfonamides is 1. The van der Waals surface area contributed by atoms with Crippen LogP contribution in [-0.4, -0.2) is 34.3 Å². The Kier molecular flexibility index (Phi) is 4.82. The maximum absolute atomic E-state index is 12.5. The van der Waals surface area contributed by atoms with Crippen LogP contribution in [0.5, 0.6) is 5.75 Å². The lowest BCUT2D eigenvalue weighted by molar-refractivity contribution is 0.0250. The number of hydrogen-bond donors (Lipinski definition) is 2. The van der Waals surface area contributed by atoms with E-state index in [0.717, 1.165) is 12.8 Å². The zero-order valence-corrected chi connectivity index (χ0v) is 14.4. The molecule has 1 aliphatic rings. The molecule has 2 rings (SSSR count). The number of ether oxygens (including phenoxy) is 2. The second kappa shape index (κ2) is 6.12. The first-order chi connectivity index (χ1) is 9.77. The molecule has 0 aliphatic carbocycles. The number of anilines is 1. The number of methoxy groups -OCH3 is 1. The van der Waals surface area contributed by atoms with E-state index >= 15 is 0 Å². The van der Waals surface area contributed by atoms with Crippen LogP contribution in [0.1, 0.15) is 19.8 Å². The number of benzene rings is 1. The summed E-state index contributed by atoms with van der Waals surface area (Å²) in [6.07, 6.45) is 1.77. The minimum atomic E-state index is -3.72. The average molecular weight is 379 g/mol. The van der Waals surface area contributed by atoms with Gasteiger partial charge in [0, 0.05) is 23.3 Å². The van der Waals surface area contributed by atoms with Crippen molar-refractivity contribution in [3.63, 3.8) is 0 Å². The maximum Gasteiger partial charge on any atom is 0.244 e. The maximum atomic E-state index is 12.5. The van der Waals surface area contributed by atoms with Crippen molar-refractivity contribution in [3.05, 3.63) is 16.6 Å². The van der Waals surface area contributed by atoms with Crippen molar-refractivity contribution in [2.45, 2.75) is 30.3 Å². The van der Waals surface area contributed by atoms with E-state index in [0.29, 0.717) is 16.8 Å². The molecule has 1 unspecified atom stereocenters. The van der Waals surface area contributed by atoms with Gasteiger partial charge in [-0.05, 0) is 47.8 Å². The molecule has 0 saturated carbocycles. The topological polar surface area (TPSA) is 90.7 Å². The third kappa shape index (κ3) is 3.68. The first-order valence-electron chi connectivity index (χ1n) is 6.54. The number of nitrogen functional groups attached to an aromatic ring is 1. The smallest absolute Gasteiger partial charge is 0.244 e. The van der Waals surface area contributed by atoms with Crippen molar-refractivity contribution in [1.29, 1.82) is 0 Å². The summed E-state index contributed by atoms with van der Waals surface area (Å²) in [5.74, 6) is 0.237. The minimum absolute atomic E-state index is 0.0206. The molecule has 21 heavy (non-hydrogen) atoms. The first-order valence-corrected chi connectivity index (χ1v) is 8.82. The Hall–Kier alpha value is -0.830. The summed E-state index contributed by atoms with van der Waals surface area (Å²) in [6, 6.07) is 2.92. The Morgan fingerprint density at radius 2 is 2.24 bits per heavy atom. The van der Waals surface area contributed by atoms with Crippen LogP contribution >= 0.6 is 15.9 Å². The molecule has 0 aromatic heterocycles. The Morgan fingerprint density at radius 1 is 1.52 bits per heavy atom. The molecule has 3 N–H and O–H groups in total. The Balaban J connectivity index is 2.25. The second-order valence-electron chi connectivity index (χ2n) is 5.25. The van der Waals surface area contributed by atoms with E-state index in [1.165, 1.54) is 19.2 Å². The van der Waals surface area contributed by atoms with E-state index < -0.39 is 15.6 Å². The lowest BCUT2D eigenvalue weighted by Crippen LogP contribution is -2.40. The van der Waals surface area contributed by atoms with Crippen molar-refractivity contribution >= 4 is 31.6 Å². The fraction of sp³-hybridized carbons (Fsp3) is 0.538. The highest BCUT2D eigenvalue weighted by molar-refractivity contribution is 9.10. The van der Waals surface area contributed by atoms with Crippen molar-refractivity contribution in [2.75, 3.05) is 26.0 Å². The minimum Gasteiger partial charge on any atom is -0.495 e. The van der Waals surface area contributed by atoms with Gasteiger partial charge in [0.25, 0.3) is 0 Å². The van der Waals surface area contributed by atoms with Gasteiger partial charge >= 0.3 is 0 Å². The van der Waals surface area contributed by atoms with Gasteiger partial charge in [0.05, 0.1) is 12.7 Å². The molecule has 1 fully saturated rings. The molecule has 0 radical (unpaired) electrons. The summed E-state index contributed by atoms with van der Waals surface area (Å²) >= 11 is 3.25. The molecule has 118 valence electrons. The van der Waals surface area contributed by atoms with E-state index in [1.807, 2.05) is 6.92 Å². The van der Waals surface area contributed by atoms with E-state index in [2.05, 4.69) is 20.7 Å². The molecule has 1 aliphatic heterocycles. The lowest BCUT2D eigenvalue weighted by Gasteiger charge is -2.23. The van der Waals surface area contributed by atoms with Gasteiger partial charge in [0.15, 0.2) is 0 Å². The van der Waals surface area contributed by atoms with Crippen molar-refractivity contribution in [1.82, 2.24) is 4.72 Å². The summed E-state index contributed by atoms with van der Waals surface area (Å²) in [7, 11) is -2.31. The Labute approximate surface area is 133 Å². The van der Waals surface area contributed by atoms with Crippen LogP contribution in [0.25, 0.3) is 0 Å². The summed E-state index contributed by atoms with van der Waals surface area (Å²) in [4.78, 5) is 0.0206. The van der Waals surface area contributed by atoms with Gasteiger partial charge < -0.3 is 15.2 Å². The van der Waals surface area contributed by atoms with E-state index in [9.17, 15) is 8.42 Å². The van der Waals surface area contributed by atoms with Crippen LogP contribution in [0, 0.1) is 0 Å². The Bertz CT molecular complexity index is 627. The molecule has 1 aromatic rings. The summed E-state index contributed by atoms with van der Waals surface area (Å²) in [5.41, 5.74) is 5.64. The largest absolute Gasteiger partial charge is 0.495 e. The summed E-state index contributed by atoms with van der Waals surface area (Å²) in [5, 5.41) is 0. The lowest BCUT2D eigenvalue weighted by atomic mass is 10.0. The normalized spacial score (nSPS) is 22.4. The standard InChI is InChI=1S/C13H19BrN2O4S/c1-13(4-3-5-20-13)8-16-21(17,18)12-7-10(15)9(14)6-11(12)19-2/h6-7,16H,3-5,8,15H2,1-2H3. The van der Waals surface area contributed by atoms with Gasteiger partial charge in [-0.2, -0.15) is 0 Å². The zero-order valence-electron chi connectivity index (χ0n) is 12.0. The molecular formula is C13H19BrN2O4S. The highest BCUT2D eigenvalue weighted by Crippen LogP contribution is 2.32. The molecule has 1 heterocycles. The van der Waals surface area contributed by atoms with Crippen molar-refractivity contribution in [3.8, 4) is 5.75 Å². The number of halogens is 1. The molecule has 0 spiro atoms. The highest BCUT2D eigenvalue weighted by Gasteiger charge is 2.32. The number of rotatable bonds is 5. The van der Waals surface area contributed by atoms with Crippen molar-refractivity contribution < 1.29 is 17.9 Å². The van der Waals surface area contributed by atoms with E-state index in [4.69, 9.17) is 15.2 Å². The van der Waals surface area contributed by atoms with Crippen LogP contribution in [0.2, 0.25) is 0 Å². The van der Waals surface area contributed by atoms with Crippen LogP contribution in [0.4, 0.5) is 5.69 Å². The van der Waals surface area contributed by atoms with E-state index in [1.54, 1.807) is 0 Å². The van der Waals surface area contributed by atoms with Crippen LogP contribution in [-0.2, 0) is 14.8 Å². The molecule has 8 heteroatoms. The van der Waals surface area contributed by atoms with E-state index in [-0.39, 0.29) is 17.2 Å². The summed E-state index contributed by atoms with van der Waals surface area (Å²) < 4.78 is 38.8. The predicted molar refractivity (Wildman–Crippen MR) is 83.9 cm³/mol.